The van der Waals surface area contributed by atoms with Crippen LogP contribution in [0.4, 0.5) is 23.2 Å². The molecule has 0 aromatic heterocycles. The molecule has 2 aromatic rings. The number of rotatable bonds is 5. The summed E-state index contributed by atoms with van der Waals surface area (Å²) in [6.07, 6.45) is 0. The Labute approximate surface area is 123 Å². The number of sulfonamides is 1. The quantitative estimate of drug-likeness (QED) is 0.853. The van der Waals surface area contributed by atoms with Crippen molar-refractivity contribution in [3.05, 3.63) is 54.1 Å². The lowest BCUT2D eigenvalue weighted by atomic mass is 10.3. The van der Waals surface area contributed by atoms with Gasteiger partial charge in [-0.2, -0.15) is 8.78 Å². The van der Waals surface area contributed by atoms with E-state index >= 15 is 0 Å². The van der Waals surface area contributed by atoms with Crippen LogP contribution < -0.4 is 9.46 Å². The summed E-state index contributed by atoms with van der Waals surface area (Å²) in [7, 11) is -4.06. The van der Waals surface area contributed by atoms with Crippen molar-refractivity contribution in [2.24, 2.45) is 0 Å². The third-order valence-electron chi connectivity index (χ3n) is 2.52. The Hall–Kier alpha value is -2.29. The van der Waals surface area contributed by atoms with E-state index < -0.39 is 34.0 Å². The van der Waals surface area contributed by atoms with Gasteiger partial charge < -0.3 is 4.74 Å². The average Bonchev–Trinajstić information content (AvgIpc) is 2.41. The molecular formula is C13H9F4NO3S. The fraction of sp³-hybridized carbons (Fsp3) is 0.0769. The highest BCUT2D eigenvalue weighted by atomic mass is 32.2. The van der Waals surface area contributed by atoms with E-state index in [1.807, 2.05) is 4.72 Å². The van der Waals surface area contributed by atoms with Gasteiger partial charge in [0.1, 0.15) is 5.82 Å². The van der Waals surface area contributed by atoms with Gasteiger partial charge in [-0.25, -0.2) is 17.2 Å². The molecule has 2 rings (SSSR count). The molecule has 0 heterocycles. The van der Waals surface area contributed by atoms with Crippen LogP contribution in [0, 0.1) is 11.6 Å². The van der Waals surface area contributed by atoms with Crippen LogP contribution in [-0.2, 0) is 10.0 Å². The van der Waals surface area contributed by atoms with E-state index in [0.717, 1.165) is 36.4 Å². The summed E-state index contributed by atoms with van der Waals surface area (Å²) in [4.78, 5) is -0.234. The topological polar surface area (TPSA) is 55.4 Å². The molecule has 4 nitrogen and oxygen atoms in total. The van der Waals surface area contributed by atoms with Crippen molar-refractivity contribution in [1.82, 2.24) is 0 Å². The first-order valence-electron chi connectivity index (χ1n) is 5.81. The standard InChI is InChI=1S/C13H9F4NO3S/c14-8-1-4-10(5-2-8)22(19,20)18-9-3-6-12(11(15)7-9)21-13(16)17/h1-7,13,18H. The summed E-state index contributed by atoms with van der Waals surface area (Å²) in [5, 5.41) is 0. The van der Waals surface area contributed by atoms with E-state index in [1.165, 1.54) is 0 Å². The molecule has 0 unspecified atom stereocenters. The maximum absolute atomic E-state index is 13.5. The molecule has 118 valence electrons. The molecule has 0 atom stereocenters. The third-order valence-corrected chi connectivity index (χ3v) is 3.92. The highest BCUT2D eigenvalue weighted by Crippen LogP contribution is 2.24. The summed E-state index contributed by atoms with van der Waals surface area (Å²) >= 11 is 0. The molecular weight excluding hydrogens is 326 g/mol. The Morgan fingerprint density at radius 2 is 1.64 bits per heavy atom. The van der Waals surface area contributed by atoms with Gasteiger partial charge >= 0.3 is 6.61 Å². The smallest absolute Gasteiger partial charge is 0.387 e. The third kappa shape index (κ3) is 3.88. The maximum Gasteiger partial charge on any atom is 0.387 e. The molecule has 0 aliphatic rings. The fourth-order valence-corrected chi connectivity index (χ4v) is 2.63. The van der Waals surface area contributed by atoms with Crippen molar-refractivity contribution >= 4 is 15.7 Å². The van der Waals surface area contributed by atoms with Gasteiger partial charge in [0.05, 0.1) is 10.6 Å². The summed E-state index contributed by atoms with van der Waals surface area (Å²) in [6.45, 7) is -3.20. The molecule has 22 heavy (non-hydrogen) atoms. The van der Waals surface area contributed by atoms with Crippen molar-refractivity contribution in [1.29, 1.82) is 0 Å². The number of ether oxygens (including phenoxy) is 1. The van der Waals surface area contributed by atoms with Crippen LogP contribution in [0.3, 0.4) is 0 Å². The lowest BCUT2D eigenvalue weighted by Gasteiger charge is -2.10. The molecule has 9 heteroatoms. The number of hydrogen-bond acceptors (Lipinski definition) is 3. The number of alkyl halides is 2. The summed E-state index contributed by atoms with van der Waals surface area (Å²) in [6, 6.07) is 6.58. The zero-order chi connectivity index (χ0) is 16.3. The number of hydrogen-bond donors (Lipinski definition) is 1. The van der Waals surface area contributed by atoms with Crippen LogP contribution >= 0.6 is 0 Å². The van der Waals surface area contributed by atoms with Crippen molar-refractivity contribution in [2.45, 2.75) is 11.5 Å². The van der Waals surface area contributed by atoms with Gasteiger partial charge in [0.15, 0.2) is 11.6 Å². The van der Waals surface area contributed by atoms with Crippen LogP contribution in [0.15, 0.2) is 47.4 Å². The van der Waals surface area contributed by atoms with Gasteiger partial charge in [0.2, 0.25) is 0 Å². The molecule has 0 aliphatic carbocycles. The SMILES string of the molecule is O=S(=O)(Nc1ccc(OC(F)F)c(F)c1)c1ccc(F)cc1. The lowest BCUT2D eigenvalue weighted by molar-refractivity contribution is -0.0521. The molecule has 0 aliphatic heterocycles. The minimum atomic E-state index is -4.06. The molecule has 0 amide bonds. The molecule has 0 saturated heterocycles. The second-order valence-electron chi connectivity index (χ2n) is 4.08. The summed E-state index contributed by atoms with van der Waals surface area (Å²) in [5.74, 6) is -2.47. The van der Waals surface area contributed by atoms with Crippen LogP contribution in [0.5, 0.6) is 5.75 Å². The molecule has 1 N–H and O–H groups in total. The van der Waals surface area contributed by atoms with Gasteiger partial charge in [-0.15, -0.1) is 0 Å². The Balaban J connectivity index is 2.23. The van der Waals surface area contributed by atoms with Crippen molar-refractivity contribution < 1.29 is 30.7 Å². The molecule has 0 fully saturated rings. The first-order chi connectivity index (χ1) is 10.3. The molecule has 0 saturated carbocycles. The van der Waals surface area contributed by atoms with Gasteiger partial charge in [0.25, 0.3) is 10.0 Å². The monoisotopic (exact) mass is 335 g/mol. The average molecular weight is 335 g/mol. The highest BCUT2D eigenvalue weighted by Gasteiger charge is 2.16. The molecule has 2 aromatic carbocycles. The Morgan fingerprint density at radius 1 is 1.00 bits per heavy atom. The van der Waals surface area contributed by atoms with E-state index in [2.05, 4.69) is 4.74 Å². The van der Waals surface area contributed by atoms with Crippen molar-refractivity contribution in [3.8, 4) is 5.75 Å². The number of benzene rings is 2. The second kappa shape index (κ2) is 6.22. The molecule has 0 bridgehead atoms. The van der Waals surface area contributed by atoms with Gasteiger partial charge in [-0.3, -0.25) is 4.72 Å². The van der Waals surface area contributed by atoms with Crippen LogP contribution in [-0.4, -0.2) is 15.0 Å². The van der Waals surface area contributed by atoms with Gasteiger partial charge in [0, 0.05) is 6.07 Å². The Kier molecular flexibility index (Phi) is 4.55. The van der Waals surface area contributed by atoms with Crippen LogP contribution in [0.2, 0.25) is 0 Å². The normalized spacial score (nSPS) is 11.5. The second-order valence-corrected chi connectivity index (χ2v) is 5.77. The van der Waals surface area contributed by atoms with E-state index in [-0.39, 0.29) is 10.6 Å². The zero-order valence-electron chi connectivity index (χ0n) is 10.8. The Morgan fingerprint density at radius 3 is 2.18 bits per heavy atom. The number of anilines is 1. The molecule has 0 spiro atoms. The minimum Gasteiger partial charge on any atom is -0.432 e. The lowest BCUT2D eigenvalue weighted by Crippen LogP contribution is -2.13. The van der Waals surface area contributed by atoms with Crippen molar-refractivity contribution in [3.63, 3.8) is 0 Å². The predicted molar refractivity (Wildman–Crippen MR) is 70.2 cm³/mol. The largest absolute Gasteiger partial charge is 0.432 e. The van der Waals surface area contributed by atoms with E-state index in [4.69, 9.17) is 0 Å². The molecule has 0 radical (unpaired) electrons. The van der Waals surface area contributed by atoms with Gasteiger partial charge in [-0.1, -0.05) is 0 Å². The number of nitrogens with one attached hydrogen (secondary N) is 1. The minimum absolute atomic E-state index is 0.191. The summed E-state index contributed by atoms with van der Waals surface area (Å²) in [5.41, 5.74) is -0.191. The van der Waals surface area contributed by atoms with E-state index in [0.29, 0.717) is 6.07 Å². The van der Waals surface area contributed by atoms with Crippen LogP contribution in [0.25, 0.3) is 0 Å². The van der Waals surface area contributed by atoms with E-state index in [9.17, 15) is 26.0 Å². The first-order valence-corrected chi connectivity index (χ1v) is 7.29. The van der Waals surface area contributed by atoms with Crippen molar-refractivity contribution in [2.75, 3.05) is 4.72 Å². The Bertz CT molecular complexity index is 763. The zero-order valence-corrected chi connectivity index (χ0v) is 11.6. The highest BCUT2D eigenvalue weighted by molar-refractivity contribution is 7.92. The van der Waals surface area contributed by atoms with Crippen LogP contribution in [0.1, 0.15) is 0 Å². The van der Waals surface area contributed by atoms with Gasteiger partial charge in [-0.05, 0) is 36.4 Å². The number of halogens is 4. The van der Waals surface area contributed by atoms with E-state index in [1.54, 1.807) is 0 Å². The maximum atomic E-state index is 13.5. The predicted octanol–water partition coefficient (Wildman–Crippen LogP) is 3.37. The first kappa shape index (κ1) is 16.1. The summed E-state index contributed by atoms with van der Waals surface area (Å²) < 4.78 is 80.2. The fourth-order valence-electron chi connectivity index (χ4n) is 1.58.